The SMILES string of the molecule is C[C@@H]1O[C@@H](O[C@@H]2[C@@H](NC(=O)c3cc(=O)[nH]c(=O)[nH]3)C[C@@H](C(=O)NCCNC(=O)COCCOCC(=O)Nc3cc(S(=O)(=O)O)cc4cc(S(=O)(=O)O)cc(S(=O)(=O)O)c34)C[C@H]2O[C@@H]2O[C@H](CO)[C@H](O)[C@H](O[C@@H](CC3CCCCC3)C(=O)N(C)C)[C@H]2OC(=O)c2ccccc2)[C@@H](O)[C@H](O)[C@@H]1O. The molecule has 0 unspecified atom stereocenters. The summed E-state index contributed by atoms with van der Waals surface area (Å²) in [5.74, 6) is -6.56. The van der Waals surface area contributed by atoms with Gasteiger partial charge in [-0.15, -0.1) is 0 Å². The third-order valence-electron chi connectivity index (χ3n) is 17.0. The molecular weight excluding hydrogens is 1390 g/mol. The van der Waals surface area contributed by atoms with Crippen LogP contribution in [0.1, 0.15) is 79.1 Å². The third kappa shape index (κ3) is 20.5. The number of ether oxygens (including phenoxy) is 8. The van der Waals surface area contributed by atoms with E-state index < -0.39 is 238 Å². The Labute approximate surface area is 570 Å². The van der Waals surface area contributed by atoms with Crippen LogP contribution >= 0.6 is 0 Å². The molecular formula is C60H79N7O30S3. The number of hydrogen-bond donors (Lipinski definition) is 14. The van der Waals surface area contributed by atoms with Crippen LogP contribution in [0.2, 0.25) is 0 Å². The number of rotatable bonds is 29. The minimum atomic E-state index is -5.35. The number of benzene rings is 3. The molecule has 2 aliphatic heterocycles. The highest BCUT2D eigenvalue weighted by Crippen LogP contribution is 2.40. The molecule has 37 nitrogen and oxygen atoms in total. The van der Waals surface area contributed by atoms with E-state index in [-0.39, 0.29) is 44.2 Å². The van der Waals surface area contributed by atoms with Crippen LogP contribution in [0.5, 0.6) is 0 Å². The fourth-order valence-electron chi connectivity index (χ4n) is 12.0. The first kappa shape index (κ1) is 78.4. The summed E-state index contributed by atoms with van der Waals surface area (Å²) in [5, 5.41) is 64.6. The van der Waals surface area contributed by atoms with Crippen molar-refractivity contribution in [2.45, 2.75) is 159 Å². The fourth-order valence-corrected chi connectivity index (χ4v) is 13.9. The number of aromatic amines is 2. The number of nitrogens with zero attached hydrogens (tertiary/aromatic N) is 1. The topological polar surface area (TPSA) is 558 Å². The number of aliphatic hydroxyl groups excluding tert-OH is 5. The second kappa shape index (κ2) is 34.1. The van der Waals surface area contributed by atoms with E-state index in [0.29, 0.717) is 24.3 Å². The van der Waals surface area contributed by atoms with Gasteiger partial charge in [-0.05, 0) is 73.9 Å². The highest BCUT2D eigenvalue weighted by Gasteiger charge is 2.55. The van der Waals surface area contributed by atoms with Gasteiger partial charge in [-0.3, -0.25) is 47.4 Å². The van der Waals surface area contributed by atoms with Crippen molar-refractivity contribution in [3.63, 3.8) is 0 Å². The summed E-state index contributed by atoms with van der Waals surface area (Å²) in [4.78, 5) is 110. The zero-order valence-corrected chi connectivity index (χ0v) is 56.3. The lowest BCUT2D eigenvalue weighted by Gasteiger charge is -2.49. The van der Waals surface area contributed by atoms with Crippen molar-refractivity contribution >= 4 is 82.3 Å². The van der Waals surface area contributed by atoms with E-state index >= 15 is 0 Å². The first-order valence-electron chi connectivity index (χ1n) is 31.4. The number of anilines is 1. The number of fused-ring (bicyclic) bond motifs is 1. The Morgan fingerprint density at radius 2 is 1.34 bits per heavy atom. The molecule has 4 fully saturated rings. The largest absolute Gasteiger partial charge is 0.450 e. The van der Waals surface area contributed by atoms with E-state index in [1.165, 1.54) is 50.2 Å². The molecule has 0 bridgehead atoms. The van der Waals surface area contributed by atoms with Gasteiger partial charge in [0.25, 0.3) is 47.7 Å². The number of aromatic nitrogens is 2. The summed E-state index contributed by atoms with van der Waals surface area (Å²) < 4.78 is 150. The van der Waals surface area contributed by atoms with Crippen molar-refractivity contribution in [3.05, 3.63) is 92.8 Å². The number of esters is 1. The molecule has 4 aliphatic rings. The summed E-state index contributed by atoms with van der Waals surface area (Å²) in [6, 6.07) is 8.90. The van der Waals surface area contributed by atoms with Crippen LogP contribution < -0.4 is 32.5 Å². The number of aliphatic hydroxyl groups is 5. The number of carbonyl (C=O) groups is 6. The lowest BCUT2D eigenvalue weighted by molar-refractivity contribution is -0.346. The maximum absolute atomic E-state index is 14.5. The first-order valence-corrected chi connectivity index (χ1v) is 35.7. The van der Waals surface area contributed by atoms with Crippen LogP contribution in [0.4, 0.5) is 5.69 Å². The molecule has 2 aliphatic carbocycles. The van der Waals surface area contributed by atoms with Crippen LogP contribution in [0.3, 0.4) is 0 Å². The average Bonchev–Trinajstić information content (AvgIpc) is 0.757. The van der Waals surface area contributed by atoms with Gasteiger partial charge in [-0.1, -0.05) is 50.3 Å². The Kier molecular flexibility index (Phi) is 26.7. The summed E-state index contributed by atoms with van der Waals surface area (Å²) >= 11 is 0. The van der Waals surface area contributed by atoms with E-state index in [9.17, 15) is 103 Å². The summed E-state index contributed by atoms with van der Waals surface area (Å²) in [5.41, 5.74) is -3.36. The first-order chi connectivity index (χ1) is 47.1. The van der Waals surface area contributed by atoms with Gasteiger partial charge < -0.3 is 94.6 Å². The van der Waals surface area contributed by atoms with Gasteiger partial charge in [-0.2, -0.15) is 25.3 Å². The molecule has 4 aromatic rings. The van der Waals surface area contributed by atoms with Gasteiger partial charge in [0, 0.05) is 44.6 Å². The van der Waals surface area contributed by atoms with Crippen molar-refractivity contribution in [2.75, 3.05) is 65.5 Å². The van der Waals surface area contributed by atoms with Crippen LogP contribution in [0, 0.1) is 11.8 Å². The Morgan fingerprint density at radius 1 is 0.700 bits per heavy atom. The second-order valence-corrected chi connectivity index (χ2v) is 28.7. The molecule has 40 heteroatoms. The zero-order valence-electron chi connectivity index (χ0n) is 53.8. The van der Waals surface area contributed by atoms with E-state index in [2.05, 4.69) is 26.3 Å². The molecule has 1 aromatic heterocycles. The van der Waals surface area contributed by atoms with Crippen molar-refractivity contribution in [3.8, 4) is 0 Å². The minimum Gasteiger partial charge on any atom is -0.450 e. The van der Waals surface area contributed by atoms with Gasteiger partial charge in [0.15, 0.2) is 18.7 Å². The molecule has 2 saturated heterocycles. The maximum atomic E-state index is 14.5. The summed E-state index contributed by atoms with van der Waals surface area (Å²) in [6.07, 6.45) is -18.7. The minimum absolute atomic E-state index is 0.00217. The predicted molar refractivity (Wildman–Crippen MR) is 339 cm³/mol. The van der Waals surface area contributed by atoms with Crippen LogP contribution in [0.15, 0.2) is 84.9 Å². The Hall–Kier alpha value is -7.33. The van der Waals surface area contributed by atoms with Gasteiger partial charge >= 0.3 is 11.7 Å². The molecule has 2 saturated carbocycles. The molecule has 100 heavy (non-hydrogen) atoms. The maximum Gasteiger partial charge on any atom is 0.338 e. The van der Waals surface area contributed by atoms with Crippen molar-refractivity contribution in [2.24, 2.45) is 11.8 Å². The van der Waals surface area contributed by atoms with E-state index in [1.807, 2.05) is 4.98 Å². The zero-order chi connectivity index (χ0) is 73.1. The van der Waals surface area contributed by atoms with E-state index in [1.54, 1.807) is 6.07 Å². The average molecular weight is 1470 g/mol. The predicted octanol–water partition coefficient (Wildman–Crippen LogP) is -2.92. The van der Waals surface area contributed by atoms with Crippen molar-refractivity contribution in [1.29, 1.82) is 0 Å². The van der Waals surface area contributed by atoms with Gasteiger partial charge in [-0.25, -0.2) is 9.59 Å². The molecule has 5 amide bonds. The molecule has 3 heterocycles. The highest BCUT2D eigenvalue weighted by molar-refractivity contribution is 7.87. The molecule has 15 atom stereocenters. The number of H-pyrrole nitrogens is 2. The highest BCUT2D eigenvalue weighted by atomic mass is 32.2. The Balaban J connectivity index is 0.990. The standard InChI is InChI=1S/C60H79N7O30S3/c1-29-47(72)49(74)50(75)58(92-29)97-51-37(64-55(77)38-25-43(69)66-60(80)65-38)21-33(22-39(51)94-59-53(96-57(79)31-12-8-5-9-13-31)52(48(73)41(26-68)95-59)93-40(56(78)67(2)3)18-30-10-6-4-7-11-30)54(76)62-15-14-61-44(70)27-90-16-17-91-28-45(71)63-36-23-34(98(81,82)83)19-32-20-35(99(84,85)86)24-42(46(32)36)100(87,88)89/h5,8-9,12-13,19-20,23-25,29-30,33,37,39-41,47-53,58-59,68,72-75H,4,6-7,10-11,14-18,21-22,26-28H2,1-3H3,(H,61,70)(H,62,76)(H,63,71)(H,64,77)(H,81,82,83)(H,84,85,86)(H,87,88,89)(H2,65,66,69,80)/t29-,33+,37-,39+,40-,41+,47+,48-,49+,50-,51+,52-,53+,58-,59+/m0/s1. The van der Waals surface area contributed by atoms with Gasteiger partial charge in [0.05, 0.1) is 59.1 Å². The monoisotopic (exact) mass is 1470 g/mol. The summed E-state index contributed by atoms with van der Waals surface area (Å²) in [7, 11) is -12.7. The van der Waals surface area contributed by atoms with Gasteiger partial charge in [0.1, 0.15) is 72.6 Å². The quantitative estimate of drug-likeness (QED) is 0.0147. The number of nitrogens with one attached hydrogen (secondary N) is 6. The molecule has 0 spiro atoms. The number of likely N-dealkylation sites (N-methyl/N-ethyl adjacent to an activating group) is 1. The van der Waals surface area contributed by atoms with Gasteiger partial charge in [0.2, 0.25) is 17.7 Å². The number of carbonyl (C=O) groups excluding carboxylic acids is 6. The lowest BCUT2D eigenvalue weighted by Crippen LogP contribution is -2.66. The lowest BCUT2D eigenvalue weighted by atomic mass is 9.80. The Morgan fingerprint density at radius 3 is 1.96 bits per heavy atom. The van der Waals surface area contributed by atoms with Crippen LogP contribution in [-0.4, -0.2) is 261 Å². The van der Waals surface area contributed by atoms with E-state index in [4.69, 9.17) is 37.9 Å². The molecule has 552 valence electrons. The molecule has 14 N–H and O–H groups in total. The normalized spacial score (nSPS) is 26.4. The Bertz CT molecular complexity index is 4030. The van der Waals surface area contributed by atoms with Crippen LogP contribution in [0.25, 0.3) is 10.8 Å². The summed E-state index contributed by atoms with van der Waals surface area (Å²) in [6.45, 7) is -2.36. The molecule has 8 rings (SSSR count). The van der Waals surface area contributed by atoms with Crippen LogP contribution in [-0.2, 0) is 87.4 Å². The molecule has 0 radical (unpaired) electrons. The fraction of sp³-hybridized carbons (Fsp3) is 0.567. The second-order valence-electron chi connectivity index (χ2n) is 24.4. The number of hydrogen-bond acceptors (Lipinski definition) is 27. The third-order valence-corrected chi connectivity index (χ3v) is 19.5. The van der Waals surface area contributed by atoms with Crippen molar-refractivity contribution < 1.29 is 131 Å². The number of amides is 5. The van der Waals surface area contributed by atoms with E-state index in [0.717, 1.165) is 38.2 Å². The smallest absolute Gasteiger partial charge is 0.338 e. The van der Waals surface area contributed by atoms with Crippen molar-refractivity contribution in [1.82, 2.24) is 30.8 Å². The molecule has 3 aromatic carbocycles.